The second-order valence-corrected chi connectivity index (χ2v) is 2.83. The molecule has 1 radical (unpaired) electrons. The van der Waals surface area contributed by atoms with Crippen LogP contribution >= 0.6 is 0 Å². The lowest BCUT2D eigenvalue weighted by molar-refractivity contribution is 0.557. The van der Waals surface area contributed by atoms with Crippen LogP contribution in [-0.2, 0) is 11.8 Å². The normalized spacial score (nSPS) is 10.5. The van der Waals surface area contributed by atoms with Crippen molar-refractivity contribution in [2.24, 2.45) is 7.05 Å². The van der Waals surface area contributed by atoms with Crippen molar-refractivity contribution in [3.05, 3.63) is 17.5 Å². The average Bonchev–Trinajstić information content (AvgIpc) is 2.31. The number of rotatable bonds is 2. The quantitative estimate of drug-likeness (QED) is 0.632. The van der Waals surface area contributed by atoms with Gasteiger partial charge in [-0.25, -0.2) is 0 Å². The van der Waals surface area contributed by atoms with Crippen molar-refractivity contribution in [2.45, 2.75) is 19.8 Å². The third-order valence-electron chi connectivity index (χ3n) is 1.59. The van der Waals surface area contributed by atoms with E-state index in [0.717, 1.165) is 5.69 Å². The molecule has 0 unspecified atom stereocenters. The van der Waals surface area contributed by atoms with E-state index in [2.05, 4.69) is 5.10 Å². The molecule has 3 heteroatoms. The summed E-state index contributed by atoms with van der Waals surface area (Å²) in [5.41, 5.74) is 1.44. The van der Waals surface area contributed by atoms with Crippen molar-refractivity contribution in [3.8, 4) is 0 Å². The number of nitrogens with zero attached hydrogens (tertiary/aromatic N) is 2. The van der Waals surface area contributed by atoms with E-state index in [9.17, 15) is 4.79 Å². The lowest BCUT2D eigenvalue weighted by atomic mass is 10.1. The van der Waals surface area contributed by atoms with Crippen LogP contribution in [0.15, 0.2) is 6.07 Å². The Bertz CT molecular complexity index is 263. The van der Waals surface area contributed by atoms with Crippen LogP contribution in [0, 0.1) is 0 Å². The van der Waals surface area contributed by atoms with Gasteiger partial charge in [0.1, 0.15) is 5.69 Å². The van der Waals surface area contributed by atoms with Gasteiger partial charge in [-0.1, -0.05) is 13.8 Å². The van der Waals surface area contributed by atoms with E-state index >= 15 is 0 Å². The zero-order valence-electron chi connectivity index (χ0n) is 6.96. The molecule has 0 atom stereocenters. The van der Waals surface area contributed by atoms with Crippen LogP contribution in [0.2, 0.25) is 0 Å². The van der Waals surface area contributed by atoms with Crippen molar-refractivity contribution in [3.63, 3.8) is 0 Å². The standard InChI is InChI=1S/C8H11N2O/c1-6(2)8-4-7(5-11)10(3)9-8/h4,6H,1-3H3. The van der Waals surface area contributed by atoms with Gasteiger partial charge in [0, 0.05) is 7.05 Å². The molecule has 3 nitrogen and oxygen atoms in total. The van der Waals surface area contributed by atoms with Crippen molar-refractivity contribution in [1.82, 2.24) is 9.78 Å². The highest BCUT2D eigenvalue weighted by Crippen LogP contribution is 2.11. The van der Waals surface area contributed by atoms with E-state index in [0.29, 0.717) is 11.6 Å². The van der Waals surface area contributed by atoms with E-state index in [1.165, 1.54) is 0 Å². The highest BCUT2D eigenvalue weighted by molar-refractivity contribution is 5.72. The molecule has 0 N–H and O–H groups in total. The van der Waals surface area contributed by atoms with Gasteiger partial charge in [0.2, 0.25) is 0 Å². The van der Waals surface area contributed by atoms with Gasteiger partial charge in [-0.05, 0) is 12.0 Å². The van der Waals surface area contributed by atoms with Crippen molar-refractivity contribution < 1.29 is 4.79 Å². The molecule has 1 aromatic rings. The molecule has 0 saturated carbocycles. The number of aromatic nitrogens is 2. The molecular weight excluding hydrogens is 140 g/mol. The minimum atomic E-state index is 0.364. The zero-order chi connectivity index (χ0) is 8.43. The van der Waals surface area contributed by atoms with E-state index in [-0.39, 0.29) is 0 Å². The first-order chi connectivity index (χ1) is 5.15. The average molecular weight is 151 g/mol. The predicted molar refractivity (Wildman–Crippen MR) is 42.1 cm³/mol. The number of hydrogen-bond donors (Lipinski definition) is 0. The van der Waals surface area contributed by atoms with Crippen LogP contribution < -0.4 is 0 Å². The Morgan fingerprint density at radius 2 is 2.27 bits per heavy atom. The Labute approximate surface area is 66.0 Å². The number of aryl methyl sites for hydroxylation is 1. The molecule has 11 heavy (non-hydrogen) atoms. The van der Waals surface area contributed by atoms with Crippen LogP contribution in [-0.4, -0.2) is 16.1 Å². The number of carbonyl (C=O) groups excluding carboxylic acids is 1. The maximum Gasteiger partial charge on any atom is 0.253 e. The minimum absolute atomic E-state index is 0.364. The molecule has 0 aliphatic heterocycles. The molecule has 1 rings (SSSR count). The first-order valence-corrected chi connectivity index (χ1v) is 3.57. The minimum Gasteiger partial charge on any atom is -0.283 e. The summed E-state index contributed by atoms with van der Waals surface area (Å²) >= 11 is 0. The summed E-state index contributed by atoms with van der Waals surface area (Å²) in [4.78, 5) is 10.3. The van der Waals surface area contributed by atoms with Gasteiger partial charge in [0.25, 0.3) is 6.29 Å². The van der Waals surface area contributed by atoms with Gasteiger partial charge >= 0.3 is 0 Å². The predicted octanol–water partition coefficient (Wildman–Crippen LogP) is 1.00. The maximum atomic E-state index is 10.3. The summed E-state index contributed by atoms with van der Waals surface area (Å²) in [5.74, 6) is 0.364. The summed E-state index contributed by atoms with van der Waals surface area (Å²) in [5, 5.41) is 4.14. The molecule has 0 bridgehead atoms. The van der Waals surface area contributed by atoms with E-state index in [4.69, 9.17) is 0 Å². The Morgan fingerprint density at radius 3 is 2.55 bits per heavy atom. The van der Waals surface area contributed by atoms with Crippen LogP contribution in [0.5, 0.6) is 0 Å². The lowest BCUT2D eigenvalue weighted by Crippen LogP contribution is -1.96. The number of hydrogen-bond acceptors (Lipinski definition) is 2. The van der Waals surface area contributed by atoms with Gasteiger partial charge in [-0.2, -0.15) is 5.10 Å². The molecule has 1 heterocycles. The third-order valence-corrected chi connectivity index (χ3v) is 1.59. The summed E-state index contributed by atoms with van der Waals surface area (Å²) in [6.45, 7) is 4.08. The van der Waals surface area contributed by atoms with Gasteiger partial charge in [0.05, 0.1) is 5.69 Å². The zero-order valence-corrected chi connectivity index (χ0v) is 6.96. The Hall–Kier alpha value is -1.12. The van der Waals surface area contributed by atoms with Crippen LogP contribution in [0.4, 0.5) is 0 Å². The van der Waals surface area contributed by atoms with Gasteiger partial charge in [-0.15, -0.1) is 0 Å². The SMILES string of the molecule is CC(C)c1cc([C]=O)n(C)n1. The maximum absolute atomic E-state index is 10.3. The van der Waals surface area contributed by atoms with Crippen LogP contribution in [0.25, 0.3) is 0 Å². The molecule has 0 spiro atoms. The molecule has 0 fully saturated rings. The monoisotopic (exact) mass is 151 g/mol. The highest BCUT2D eigenvalue weighted by Gasteiger charge is 2.06. The van der Waals surface area contributed by atoms with Crippen LogP contribution in [0.3, 0.4) is 0 Å². The molecule has 0 amide bonds. The van der Waals surface area contributed by atoms with E-state index < -0.39 is 0 Å². The second-order valence-electron chi connectivity index (χ2n) is 2.83. The fourth-order valence-corrected chi connectivity index (χ4v) is 0.867. The Kier molecular flexibility index (Phi) is 2.08. The second kappa shape index (κ2) is 2.86. The Balaban J connectivity index is 3.04. The molecule has 59 valence electrons. The smallest absolute Gasteiger partial charge is 0.253 e. The van der Waals surface area contributed by atoms with E-state index in [1.807, 2.05) is 20.1 Å². The largest absolute Gasteiger partial charge is 0.283 e. The fourth-order valence-electron chi connectivity index (χ4n) is 0.867. The topological polar surface area (TPSA) is 34.9 Å². The molecule has 0 aliphatic carbocycles. The van der Waals surface area contributed by atoms with Crippen molar-refractivity contribution >= 4 is 6.29 Å². The molecular formula is C8H11N2O. The first kappa shape index (κ1) is 7.98. The summed E-state index contributed by atoms with van der Waals surface area (Å²) in [7, 11) is 1.74. The van der Waals surface area contributed by atoms with Gasteiger partial charge in [-0.3, -0.25) is 9.48 Å². The summed E-state index contributed by atoms with van der Waals surface area (Å²) in [6, 6.07) is 1.76. The summed E-state index contributed by atoms with van der Waals surface area (Å²) in [6.07, 6.45) is 1.82. The van der Waals surface area contributed by atoms with Crippen LogP contribution in [0.1, 0.15) is 31.2 Å². The van der Waals surface area contributed by atoms with Gasteiger partial charge < -0.3 is 0 Å². The fraction of sp³-hybridized carbons (Fsp3) is 0.500. The highest BCUT2D eigenvalue weighted by atomic mass is 16.1. The summed E-state index contributed by atoms with van der Waals surface area (Å²) < 4.78 is 1.54. The molecule has 0 aromatic carbocycles. The third kappa shape index (κ3) is 1.48. The Morgan fingerprint density at radius 1 is 1.64 bits per heavy atom. The molecule has 1 aromatic heterocycles. The van der Waals surface area contributed by atoms with Crippen molar-refractivity contribution in [2.75, 3.05) is 0 Å². The van der Waals surface area contributed by atoms with Gasteiger partial charge in [0.15, 0.2) is 0 Å². The van der Waals surface area contributed by atoms with E-state index in [1.54, 1.807) is 17.8 Å². The molecule has 0 aliphatic rings. The lowest BCUT2D eigenvalue weighted by Gasteiger charge is -1.95. The first-order valence-electron chi connectivity index (χ1n) is 3.57. The van der Waals surface area contributed by atoms with Crippen molar-refractivity contribution in [1.29, 1.82) is 0 Å². The molecule has 0 saturated heterocycles.